The first-order valence-electron chi connectivity index (χ1n) is 5.15. The number of halogens is 1. The van der Waals surface area contributed by atoms with Crippen LogP contribution in [0.3, 0.4) is 0 Å². The average molecular weight is 227 g/mol. The third kappa shape index (κ3) is 2.25. The normalized spacial score (nSPS) is 22.9. The van der Waals surface area contributed by atoms with Crippen molar-refractivity contribution in [3.8, 4) is 0 Å². The number of hydrogen-bond acceptors (Lipinski definition) is 3. The molecule has 0 aromatic heterocycles. The van der Waals surface area contributed by atoms with Gasteiger partial charge in [-0.2, -0.15) is 0 Å². The second-order valence-electron chi connectivity index (χ2n) is 3.92. The largest absolute Gasteiger partial charge is 0.398 e. The molecule has 0 saturated carbocycles. The summed E-state index contributed by atoms with van der Waals surface area (Å²) < 4.78 is 0. The Balaban J connectivity index is 2.23. The van der Waals surface area contributed by atoms with Crippen LogP contribution in [0.25, 0.3) is 0 Å². The van der Waals surface area contributed by atoms with E-state index in [1.54, 1.807) is 18.2 Å². The van der Waals surface area contributed by atoms with Crippen LogP contribution < -0.4 is 11.1 Å². The molecule has 2 atom stereocenters. The second kappa shape index (κ2) is 4.39. The maximum absolute atomic E-state index is 10.1. The van der Waals surface area contributed by atoms with Crippen LogP contribution in [-0.2, 0) is 0 Å². The molecule has 15 heavy (non-hydrogen) atoms. The number of rotatable bonds is 2. The molecule has 1 aromatic rings. The van der Waals surface area contributed by atoms with Crippen LogP contribution in [0, 0.1) is 0 Å². The average Bonchev–Trinajstić information content (AvgIpc) is 2.74. The predicted molar refractivity (Wildman–Crippen MR) is 61.8 cm³/mol. The molecule has 1 aliphatic heterocycles. The van der Waals surface area contributed by atoms with Gasteiger partial charge < -0.3 is 16.2 Å². The topological polar surface area (TPSA) is 58.3 Å². The van der Waals surface area contributed by atoms with E-state index >= 15 is 0 Å². The molecule has 0 aliphatic carbocycles. The lowest BCUT2D eigenvalue weighted by Crippen LogP contribution is -2.29. The number of aliphatic hydroxyl groups is 1. The lowest BCUT2D eigenvalue weighted by molar-refractivity contribution is 0.138. The van der Waals surface area contributed by atoms with Crippen molar-refractivity contribution in [2.75, 3.05) is 12.3 Å². The Morgan fingerprint density at radius 3 is 3.00 bits per heavy atom. The molecule has 82 valence electrons. The van der Waals surface area contributed by atoms with Crippen LogP contribution in [0.5, 0.6) is 0 Å². The summed E-state index contributed by atoms with van der Waals surface area (Å²) in [5.74, 6) is 0. The van der Waals surface area contributed by atoms with Crippen molar-refractivity contribution in [3.63, 3.8) is 0 Å². The number of nitrogens with two attached hydrogens (primary N) is 1. The highest BCUT2D eigenvalue weighted by Gasteiger charge is 2.25. The molecule has 1 heterocycles. The Kier molecular flexibility index (Phi) is 3.14. The van der Waals surface area contributed by atoms with E-state index in [2.05, 4.69) is 5.32 Å². The van der Waals surface area contributed by atoms with Gasteiger partial charge in [-0.05, 0) is 37.6 Å². The quantitative estimate of drug-likeness (QED) is 0.673. The van der Waals surface area contributed by atoms with E-state index in [1.165, 1.54) is 0 Å². The van der Waals surface area contributed by atoms with Gasteiger partial charge in [-0.3, -0.25) is 0 Å². The van der Waals surface area contributed by atoms with Crippen LogP contribution in [0.2, 0.25) is 5.02 Å². The summed E-state index contributed by atoms with van der Waals surface area (Å²) in [7, 11) is 0. The van der Waals surface area contributed by atoms with E-state index in [4.69, 9.17) is 17.3 Å². The smallest absolute Gasteiger partial charge is 0.0963 e. The van der Waals surface area contributed by atoms with E-state index in [-0.39, 0.29) is 6.04 Å². The van der Waals surface area contributed by atoms with Crippen LogP contribution in [0.1, 0.15) is 24.5 Å². The molecule has 2 rings (SSSR count). The maximum atomic E-state index is 10.1. The molecule has 0 bridgehead atoms. The Labute approximate surface area is 94.2 Å². The van der Waals surface area contributed by atoms with E-state index in [0.29, 0.717) is 10.7 Å². The van der Waals surface area contributed by atoms with E-state index in [0.717, 1.165) is 24.9 Å². The molecule has 2 unspecified atom stereocenters. The fourth-order valence-corrected chi connectivity index (χ4v) is 2.18. The number of nitrogen functional groups attached to an aromatic ring is 1. The second-order valence-corrected chi connectivity index (χ2v) is 4.36. The van der Waals surface area contributed by atoms with E-state index in [1.807, 2.05) is 0 Å². The van der Waals surface area contributed by atoms with Gasteiger partial charge in [-0.25, -0.2) is 0 Å². The van der Waals surface area contributed by atoms with Crippen LogP contribution >= 0.6 is 11.6 Å². The van der Waals surface area contributed by atoms with Crippen molar-refractivity contribution >= 4 is 17.3 Å². The fraction of sp³-hybridized carbons (Fsp3) is 0.455. The molecular formula is C11H15ClN2O. The molecule has 1 aliphatic rings. The molecule has 1 fully saturated rings. The summed E-state index contributed by atoms with van der Waals surface area (Å²) in [6.45, 7) is 0.961. The standard InChI is InChI=1S/C11H15ClN2O/c12-7-3-4-9(13)8(6-7)11(15)10-2-1-5-14-10/h3-4,6,10-11,14-15H,1-2,5,13H2. The lowest BCUT2D eigenvalue weighted by atomic mass is 9.99. The van der Waals surface area contributed by atoms with Gasteiger partial charge in [0.05, 0.1) is 6.10 Å². The van der Waals surface area contributed by atoms with Crippen LogP contribution in [-0.4, -0.2) is 17.7 Å². The van der Waals surface area contributed by atoms with Gasteiger partial charge in [0, 0.05) is 22.3 Å². The van der Waals surface area contributed by atoms with Gasteiger partial charge in [0.15, 0.2) is 0 Å². The van der Waals surface area contributed by atoms with Crippen LogP contribution in [0.4, 0.5) is 5.69 Å². The van der Waals surface area contributed by atoms with Gasteiger partial charge in [-0.1, -0.05) is 11.6 Å². The monoisotopic (exact) mass is 226 g/mol. The Morgan fingerprint density at radius 2 is 2.33 bits per heavy atom. The number of hydrogen-bond donors (Lipinski definition) is 3. The highest BCUT2D eigenvalue weighted by atomic mass is 35.5. The zero-order valence-electron chi connectivity index (χ0n) is 8.41. The molecule has 0 radical (unpaired) electrons. The first-order chi connectivity index (χ1) is 7.18. The third-order valence-corrected chi connectivity index (χ3v) is 3.08. The Hall–Kier alpha value is -0.770. The van der Waals surface area contributed by atoms with Gasteiger partial charge >= 0.3 is 0 Å². The van der Waals surface area contributed by atoms with Crippen molar-refractivity contribution in [1.82, 2.24) is 5.32 Å². The Morgan fingerprint density at radius 1 is 1.53 bits per heavy atom. The van der Waals surface area contributed by atoms with Crippen molar-refractivity contribution < 1.29 is 5.11 Å². The summed E-state index contributed by atoms with van der Waals surface area (Å²) in [6, 6.07) is 5.30. The molecule has 4 N–H and O–H groups in total. The number of aliphatic hydroxyl groups excluding tert-OH is 1. The number of anilines is 1. The minimum absolute atomic E-state index is 0.103. The molecule has 0 amide bonds. The minimum Gasteiger partial charge on any atom is -0.398 e. The van der Waals surface area contributed by atoms with Crippen LogP contribution in [0.15, 0.2) is 18.2 Å². The molecule has 0 spiro atoms. The summed E-state index contributed by atoms with van der Waals surface area (Å²) in [5, 5.41) is 14.0. The summed E-state index contributed by atoms with van der Waals surface area (Å²) >= 11 is 5.88. The third-order valence-electron chi connectivity index (χ3n) is 2.85. The lowest BCUT2D eigenvalue weighted by Gasteiger charge is -2.20. The number of nitrogens with one attached hydrogen (secondary N) is 1. The van der Waals surface area contributed by atoms with Gasteiger partial charge in [-0.15, -0.1) is 0 Å². The first kappa shape index (κ1) is 10.7. The summed E-state index contributed by atoms with van der Waals surface area (Å²) in [4.78, 5) is 0. The van der Waals surface area contributed by atoms with E-state index in [9.17, 15) is 5.11 Å². The van der Waals surface area contributed by atoms with Crippen molar-refractivity contribution in [2.24, 2.45) is 0 Å². The van der Waals surface area contributed by atoms with E-state index < -0.39 is 6.10 Å². The van der Waals surface area contributed by atoms with Crippen molar-refractivity contribution in [2.45, 2.75) is 25.0 Å². The number of benzene rings is 1. The minimum atomic E-state index is -0.564. The first-order valence-corrected chi connectivity index (χ1v) is 5.52. The molecule has 1 aromatic carbocycles. The SMILES string of the molecule is Nc1ccc(Cl)cc1C(O)C1CCCN1. The molecule has 3 nitrogen and oxygen atoms in total. The zero-order valence-corrected chi connectivity index (χ0v) is 9.17. The highest BCUT2D eigenvalue weighted by Crippen LogP contribution is 2.29. The fourth-order valence-electron chi connectivity index (χ4n) is 2.00. The molecular weight excluding hydrogens is 212 g/mol. The maximum Gasteiger partial charge on any atom is 0.0963 e. The van der Waals surface area contributed by atoms with Gasteiger partial charge in [0.25, 0.3) is 0 Å². The molecule has 4 heteroatoms. The predicted octanol–water partition coefficient (Wildman–Crippen LogP) is 1.71. The van der Waals surface area contributed by atoms with Gasteiger partial charge in [0.2, 0.25) is 0 Å². The summed E-state index contributed by atoms with van der Waals surface area (Å²) in [5.41, 5.74) is 7.13. The van der Waals surface area contributed by atoms with Crippen molar-refractivity contribution in [1.29, 1.82) is 0 Å². The van der Waals surface area contributed by atoms with Crippen molar-refractivity contribution in [3.05, 3.63) is 28.8 Å². The van der Waals surface area contributed by atoms with Gasteiger partial charge in [0.1, 0.15) is 0 Å². The summed E-state index contributed by atoms with van der Waals surface area (Å²) in [6.07, 6.45) is 1.51. The Bertz CT molecular complexity index is 350. The zero-order chi connectivity index (χ0) is 10.8. The highest BCUT2D eigenvalue weighted by molar-refractivity contribution is 6.30. The molecule has 1 saturated heterocycles.